The second kappa shape index (κ2) is 7.75. The number of imidazole rings is 1. The molecular formula is C26H24FN7O. The SMILES string of the molecule is Cc1noc2c1=CC(c1c(-c3ccc(C#N)c(F)c3)nc(N3CCC(C)(N)CC3)n3ccnc13)C=2. The van der Waals surface area contributed by atoms with Crippen LogP contribution in [0.25, 0.3) is 29.1 Å². The molecule has 6 rings (SSSR count). The number of aromatic nitrogens is 4. The van der Waals surface area contributed by atoms with Crippen LogP contribution in [0.4, 0.5) is 10.3 Å². The van der Waals surface area contributed by atoms with Crippen molar-refractivity contribution in [3.05, 3.63) is 63.9 Å². The Kier molecular flexibility index (Phi) is 4.76. The third-order valence-corrected chi connectivity index (χ3v) is 7.06. The predicted octanol–water partition coefficient (Wildman–Crippen LogP) is 2.38. The van der Waals surface area contributed by atoms with Gasteiger partial charge in [-0.25, -0.2) is 14.4 Å². The molecular weight excluding hydrogens is 445 g/mol. The van der Waals surface area contributed by atoms with E-state index in [2.05, 4.69) is 23.1 Å². The number of anilines is 1. The van der Waals surface area contributed by atoms with Gasteiger partial charge in [-0.1, -0.05) is 17.3 Å². The van der Waals surface area contributed by atoms with Crippen molar-refractivity contribution >= 4 is 23.7 Å². The smallest absolute Gasteiger partial charge is 0.211 e. The van der Waals surface area contributed by atoms with E-state index in [1.165, 1.54) is 12.1 Å². The van der Waals surface area contributed by atoms with Gasteiger partial charge in [-0.3, -0.25) is 4.40 Å². The van der Waals surface area contributed by atoms with Crippen LogP contribution in [0.3, 0.4) is 0 Å². The first-order valence-corrected chi connectivity index (χ1v) is 11.6. The van der Waals surface area contributed by atoms with E-state index in [-0.39, 0.29) is 17.0 Å². The molecule has 1 fully saturated rings. The quantitative estimate of drug-likeness (QED) is 0.491. The van der Waals surface area contributed by atoms with Gasteiger partial charge in [-0.15, -0.1) is 0 Å². The molecule has 0 saturated carbocycles. The molecule has 1 aliphatic heterocycles. The number of nitriles is 1. The second-order valence-electron chi connectivity index (χ2n) is 9.65. The number of hydrogen-bond acceptors (Lipinski definition) is 7. The van der Waals surface area contributed by atoms with Gasteiger partial charge < -0.3 is 15.2 Å². The number of benzene rings is 1. The highest BCUT2D eigenvalue weighted by Gasteiger charge is 2.30. The van der Waals surface area contributed by atoms with Gasteiger partial charge in [-0.05, 0) is 44.9 Å². The average Bonchev–Trinajstić information content (AvgIpc) is 3.56. The van der Waals surface area contributed by atoms with Gasteiger partial charge in [0, 0.05) is 53.3 Å². The first-order valence-electron chi connectivity index (χ1n) is 11.6. The van der Waals surface area contributed by atoms with Gasteiger partial charge in [0.15, 0.2) is 5.42 Å². The molecule has 0 spiro atoms. The van der Waals surface area contributed by atoms with Gasteiger partial charge in [0.05, 0.1) is 17.0 Å². The van der Waals surface area contributed by atoms with E-state index < -0.39 is 5.82 Å². The Hall–Kier alpha value is -4.03. The van der Waals surface area contributed by atoms with Gasteiger partial charge in [0.2, 0.25) is 5.95 Å². The molecule has 35 heavy (non-hydrogen) atoms. The highest BCUT2D eigenvalue weighted by molar-refractivity contribution is 5.79. The third-order valence-electron chi connectivity index (χ3n) is 7.06. The normalized spacial score (nSPS) is 18.7. The van der Waals surface area contributed by atoms with Crippen LogP contribution in [0.2, 0.25) is 0 Å². The summed E-state index contributed by atoms with van der Waals surface area (Å²) in [6, 6.07) is 6.50. The zero-order chi connectivity index (χ0) is 24.3. The number of halogens is 1. The highest BCUT2D eigenvalue weighted by atomic mass is 19.1. The molecule has 1 atom stereocenters. The van der Waals surface area contributed by atoms with Gasteiger partial charge >= 0.3 is 0 Å². The van der Waals surface area contributed by atoms with Crippen LogP contribution in [-0.2, 0) is 0 Å². The van der Waals surface area contributed by atoms with E-state index in [0.717, 1.165) is 54.0 Å². The standard InChI is InChI=1S/C26H24FN7O/c1-15-19-11-18(13-21(19)35-32-15)22-23(16-3-4-17(14-28)20(27)12-16)31-25(34-10-7-30-24(22)34)33-8-5-26(2,29)6-9-33/h3-4,7,10-13,18H,5-6,8-9,29H2,1-2H3. The van der Waals surface area contributed by atoms with Crippen molar-refractivity contribution in [1.29, 1.82) is 5.26 Å². The Balaban J connectivity index is 1.58. The van der Waals surface area contributed by atoms with Crippen molar-refractivity contribution in [2.75, 3.05) is 18.0 Å². The van der Waals surface area contributed by atoms with E-state index in [0.29, 0.717) is 16.7 Å². The van der Waals surface area contributed by atoms with E-state index in [1.54, 1.807) is 12.3 Å². The molecule has 0 amide bonds. The summed E-state index contributed by atoms with van der Waals surface area (Å²) >= 11 is 0. The molecule has 1 saturated heterocycles. The number of nitrogens with two attached hydrogens (primary N) is 1. The molecule has 0 bridgehead atoms. The van der Waals surface area contributed by atoms with Crippen LogP contribution >= 0.6 is 0 Å². The molecule has 3 aromatic heterocycles. The molecule has 1 aromatic carbocycles. The first-order chi connectivity index (χ1) is 16.8. The fourth-order valence-corrected chi connectivity index (χ4v) is 4.98. The molecule has 4 heterocycles. The molecule has 4 aromatic rings. The molecule has 0 radical (unpaired) electrons. The Morgan fingerprint density at radius 2 is 2.06 bits per heavy atom. The molecule has 8 nitrogen and oxygen atoms in total. The summed E-state index contributed by atoms with van der Waals surface area (Å²) in [7, 11) is 0. The summed E-state index contributed by atoms with van der Waals surface area (Å²) in [5, 5.41) is 14.2. The van der Waals surface area contributed by atoms with Crippen molar-refractivity contribution in [2.24, 2.45) is 5.73 Å². The largest absolute Gasteiger partial charge is 0.356 e. The number of fused-ring (bicyclic) bond motifs is 2. The monoisotopic (exact) mass is 469 g/mol. The summed E-state index contributed by atoms with van der Waals surface area (Å²) in [4.78, 5) is 12.0. The predicted molar refractivity (Wildman–Crippen MR) is 129 cm³/mol. The Labute approximate surface area is 200 Å². The van der Waals surface area contributed by atoms with Gasteiger partial charge in [0.25, 0.3) is 0 Å². The minimum Gasteiger partial charge on any atom is -0.356 e. The first kappa shape index (κ1) is 21.5. The third kappa shape index (κ3) is 3.49. The molecule has 1 unspecified atom stereocenters. The lowest BCUT2D eigenvalue weighted by atomic mass is 9.91. The average molecular weight is 470 g/mol. The van der Waals surface area contributed by atoms with E-state index >= 15 is 0 Å². The van der Waals surface area contributed by atoms with E-state index in [4.69, 9.17) is 20.2 Å². The fraction of sp³-hybridized carbons (Fsp3) is 0.308. The van der Waals surface area contributed by atoms with Crippen LogP contribution in [-0.4, -0.2) is 38.2 Å². The number of piperidine rings is 1. The Morgan fingerprint density at radius 1 is 1.26 bits per heavy atom. The van der Waals surface area contributed by atoms with Gasteiger partial charge in [0.1, 0.15) is 17.5 Å². The van der Waals surface area contributed by atoms with E-state index in [9.17, 15) is 9.65 Å². The number of aryl methyl sites for hydroxylation is 1. The summed E-state index contributed by atoms with van der Waals surface area (Å²) in [6.45, 7) is 5.49. The maximum Gasteiger partial charge on any atom is 0.211 e. The van der Waals surface area contributed by atoms with Crippen molar-refractivity contribution in [2.45, 2.75) is 38.1 Å². The number of hydrogen-bond donors (Lipinski definition) is 1. The zero-order valence-corrected chi connectivity index (χ0v) is 19.5. The van der Waals surface area contributed by atoms with Crippen molar-refractivity contribution < 1.29 is 8.91 Å². The maximum atomic E-state index is 14.7. The molecule has 9 heteroatoms. The van der Waals surface area contributed by atoms with Crippen LogP contribution in [0.5, 0.6) is 0 Å². The fourth-order valence-electron chi connectivity index (χ4n) is 4.98. The lowest BCUT2D eigenvalue weighted by Gasteiger charge is -2.37. The summed E-state index contributed by atoms with van der Waals surface area (Å²) in [6.07, 6.45) is 9.40. The van der Waals surface area contributed by atoms with E-state index in [1.807, 2.05) is 29.7 Å². The number of nitrogens with zero attached hydrogens (tertiary/aromatic N) is 6. The molecule has 176 valence electrons. The lowest BCUT2D eigenvalue weighted by Crippen LogP contribution is -2.48. The second-order valence-corrected chi connectivity index (χ2v) is 9.65. The number of rotatable bonds is 3. The molecule has 1 aliphatic carbocycles. The van der Waals surface area contributed by atoms with Crippen molar-refractivity contribution in [3.63, 3.8) is 0 Å². The maximum absolute atomic E-state index is 14.7. The highest BCUT2D eigenvalue weighted by Crippen LogP contribution is 2.37. The summed E-state index contributed by atoms with van der Waals surface area (Å²) in [5.74, 6) is -0.0194. The van der Waals surface area contributed by atoms with Crippen LogP contribution in [0.15, 0.2) is 35.1 Å². The lowest BCUT2D eigenvalue weighted by molar-refractivity contribution is 0.361. The topological polar surface area (TPSA) is 109 Å². The van der Waals surface area contributed by atoms with Crippen molar-refractivity contribution in [3.8, 4) is 17.3 Å². The van der Waals surface area contributed by atoms with Gasteiger partial charge in [-0.2, -0.15) is 5.26 Å². The van der Waals surface area contributed by atoms with Crippen LogP contribution < -0.4 is 21.3 Å². The minimum atomic E-state index is -0.578. The molecule has 2 N–H and O–H groups in total. The van der Waals surface area contributed by atoms with Crippen LogP contribution in [0.1, 0.15) is 42.5 Å². The summed E-state index contributed by atoms with van der Waals surface area (Å²) in [5.41, 5.74) is 10.5. The van der Waals surface area contributed by atoms with Crippen LogP contribution in [0, 0.1) is 24.1 Å². The Bertz CT molecular complexity index is 1630. The Morgan fingerprint density at radius 3 is 2.77 bits per heavy atom. The molecule has 2 aliphatic rings. The van der Waals surface area contributed by atoms with Crippen molar-refractivity contribution in [1.82, 2.24) is 19.5 Å². The zero-order valence-electron chi connectivity index (χ0n) is 19.5. The summed E-state index contributed by atoms with van der Waals surface area (Å²) < 4.78 is 22.2. The minimum absolute atomic E-state index is 0.00412.